The number of aliphatic hydroxyl groups excluding tert-OH is 1. The summed E-state index contributed by atoms with van der Waals surface area (Å²) in [6.07, 6.45) is 42.6. The van der Waals surface area contributed by atoms with Crippen molar-refractivity contribution in [2.75, 3.05) is 52.9 Å². The third-order valence-electron chi connectivity index (χ3n) is 16.9. The number of unbranched alkanes of at least 4 members (excludes halogenated alkanes) is 26. The van der Waals surface area contributed by atoms with Gasteiger partial charge in [0.1, 0.15) is 29.3 Å². The molecule has 1 atom stereocenters. The first kappa shape index (κ1) is 104. The zero-order valence-corrected chi connectivity index (χ0v) is 78.0. The van der Waals surface area contributed by atoms with Gasteiger partial charge in [-0.3, -0.25) is 0 Å². The Labute approximate surface area is 701 Å². The number of aliphatic hydroxyl groups is 1. The minimum atomic E-state index is -0.464. The van der Waals surface area contributed by atoms with Crippen LogP contribution >= 0.6 is 77.2 Å². The molecule has 0 aliphatic heterocycles. The number of carbonyl (C=O) groups excluding carboxylic acids is 3. The van der Waals surface area contributed by atoms with Gasteiger partial charge in [0.2, 0.25) is 0 Å². The summed E-state index contributed by atoms with van der Waals surface area (Å²) in [4.78, 5) is 34.2. The molecule has 106 heavy (non-hydrogen) atoms. The molecule has 0 amide bonds. The molecule has 0 saturated carbocycles. The molecule has 19 heteroatoms. The van der Waals surface area contributed by atoms with Crippen LogP contribution in [0.5, 0.6) is 23.0 Å². The van der Waals surface area contributed by atoms with Crippen molar-refractivity contribution in [3.8, 4) is 45.3 Å². The van der Waals surface area contributed by atoms with Gasteiger partial charge in [0.25, 0.3) is 0 Å². The average Bonchev–Trinajstić information content (AvgIpc) is 0.860. The quantitative estimate of drug-likeness (QED) is 0.00747. The molecule has 0 heterocycles. The van der Waals surface area contributed by atoms with E-state index in [0.717, 1.165) is 132 Å². The Balaban J connectivity index is 0.00000165. The molecule has 13 nitrogen and oxygen atoms in total. The van der Waals surface area contributed by atoms with E-state index in [1.165, 1.54) is 159 Å². The second-order valence-corrected chi connectivity index (χ2v) is 53.6. The molecular weight excluding hydrogens is 1940 g/mol. The van der Waals surface area contributed by atoms with E-state index in [0.29, 0.717) is 59.4 Å². The van der Waals surface area contributed by atoms with Crippen molar-refractivity contribution in [3.63, 3.8) is 0 Å². The Morgan fingerprint density at radius 1 is 0.415 bits per heavy atom. The van der Waals surface area contributed by atoms with Crippen LogP contribution in [-0.4, -0.2) is 94.9 Å². The normalized spacial score (nSPS) is 10.9. The topological polar surface area (TPSA) is 155 Å². The maximum absolute atomic E-state index is 12.6. The van der Waals surface area contributed by atoms with Crippen LogP contribution in [0.25, 0.3) is 22.3 Å². The third-order valence-corrected chi connectivity index (χ3v) is 16.9. The number of hydrogen-bond donors (Lipinski definition) is 1. The molecule has 0 aliphatic carbocycles. The van der Waals surface area contributed by atoms with Gasteiger partial charge in [-0.2, -0.15) is 0 Å². The molecule has 0 saturated heterocycles. The Hall–Kier alpha value is -2.12. The van der Waals surface area contributed by atoms with Crippen LogP contribution in [-0.2, 0) is 37.9 Å². The van der Waals surface area contributed by atoms with E-state index in [1.807, 2.05) is 77.1 Å². The molecule has 0 aromatic heterocycles. The first-order valence-corrected chi connectivity index (χ1v) is 61.2. The van der Waals surface area contributed by atoms with Crippen molar-refractivity contribution in [3.05, 3.63) is 145 Å². The molecule has 5 aromatic carbocycles. The summed E-state index contributed by atoms with van der Waals surface area (Å²) in [5.74, 6) is 2.26. The molecule has 5 rings (SSSR count). The molecule has 5 aromatic rings. The maximum atomic E-state index is 12.6. The fraction of sp³-hybridized carbons (Fsp3) is 0.598. The minimum absolute atomic E-state index is 0.0137. The fourth-order valence-corrected chi connectivity index (χ4v) is 10.9. The van der Waals surface area contributed by atoms with E-state index in [2.05, 4.69) is 139 Å². The van der Waals surface area contributed by atoms with Gasteiger partial charge in [0.05, 0.1) is 43.7 Å². The van der Waals surface area contributed by atoms with Crippen LogP contribution in [0.15, 0.2) is 134 Å². The molecule has 0 bridgehead atoms. The van der Waals surface area contributed by atoms with Gasteiger partial charge < -0.3 is 52.5 Å². The number of carbonyl (C=O) groups is 3. The summed E-state index contributed by atoms with van der Waals surface area (Å²) in [6.45, 7) is 25.0. The van der Waals surface area contributed by atoms with Crippen molar-refractivity contribution >= 4 is 95.4 Å². The zero-order chi connectivity index (χ0) is 78.0. The predicted octanol–water partition coefficient (Wildman–Crippen LogP) is 24.2. The second-order valence-electron chi connectivity index (χ2n) is 25.5. The van der Waals surface area contributed by atoms with Crippen LogP contribution in [0.1, 0.15) is 288 Å². The standard InChI is InChI=1S/C38H60O4.C37H48O7.C8H16O.C4H10O.I3.2HI.V/c1-4-7-8-9-10-12-15-18-21-32-41-36-28-24-34(25-29-36)35-26-30-37(31-27-35)42-33-22-19-16-13-11-14-17-20-23-38(39-5-2)40-6-3;1-4-40-35(41-5-2)15-13-11-9-7-8-10-12-14-28-43-33-24-20-30(21-25-33)29-16-18-32(19-17-29)37(39)44-34-26-22-31(23-27-34)36(38)42-6-3;1-2-3-4-5-6-7-8-9;1-3-4(2)5;1-3-2;;;/h4,24-31,38H,1,5-23,32-33H2,2-3H3;16-27,35H,4-15,28H2,1-3H3;8H,2-7H2,1H3;4-5H,3H2,1-2H3;;2*1H;/q;;;;-1;;;+2/p-2. The van der Waals surface area contributed by atoms with Gasteiger partial charge in [0.15, 0.2) is 12.6 Å². The van der Waals surface area contributed by atoms with Crippen molar-refractivity contribution in [1.82, 2.24) is 0 Å². The summed E-state index contributed by atoms with van der Waals surface area (Å²) in [6, 6.07) is 38.5. The molecule has 0 spiro atoms. The van der Waals surface area contributed by atoms with Crippen LogP contribution in [0, 0.1) is 0 Å². The van der Waals surface area contributed by atoms with Crippen molar-refractivity contribution < 1.29 is 84.8 Å². The molecule has 0 fully saturated rings. The first-order chi connectivity index (χ1) is 51.8. The second kappa shape index (κ2) is 78.2. The average molecular weight is 2070 g/mol. The number of ether oxygens (including phenoxy) is 9. The van der Waals surface area contributed by atoms with Crippen molar-refractivity contribution in [1.29, 1.82) is 0 Å². The van der Waals surface area contributed by atoms with E-state index >= 15 is 0 Å². The number of rotatable bonds is 56. The number of benzene rings is 5. The molecule has 0 aliphatic rings. The van der Waals surface area contributed by atoms with Gasteiger partial charge in [-0.1, -0.05) is 203 Å². The van der Waals surface area contributed by atoms with Crippen molar-refractivity contribution in [2.24, 2.45) is 0 Å². The summed E-state index contributed by atoms with van der Waals surface area (Å²) in [5.41, 5.74) is 5.29. The molecule has 601 valence electrons. The molecule has 1 N–H and O–H groups in total. The SMILES string of the molecule is C=CCCCCCCCCCOc1ccc(-c2ccc(OCCCCCCCCCCC(OCC)OCC)cc2)cc1.CCC(C)O.CCCCCCCC=O.CCOC(=O)c1ccc(OC(=O)c2ccc(-c3ccc(OCCCCCCCCCCC(OCC)OCC)cc3)cc2)cc1.I[I-]I.[I][V][I]. The first-order valence-electron chi connectivity index (χ1n) is 39.6. The van der Waals surface area contributed by atoms with Gasteiger partial charge in [0, 0.05) is 32.8 Å². The molecular formula is C87H134I5O13V-. The van der Waals surface area contributed by atoms with Crippen LogP contribution < -0.4 is 32.2 Å². The summed E-state index contributed by atoms with van der Waals surface area (Å²) >= 11 is 10.0. The predicted molar refractivity (Wildman–Crippen MR) is 469 cm³/mol. The van der Waals surface area contributed by atoms with Gasteiger partial charge in [-0.25, -0.2) is 9.59 Å². The van der Waals surface area contributed by atoms with Gasteiger partial charge in [-0.05, 0) is 207 Å². The Bertz CT molecular complexity index is 2730. The third kappa shape index (κ3) is 60.5. The Morgan fingerprint density at radius 3 is 0.991 bits per heavy atom. The summed E-state index contributed by atoms with van der Waals surface area (Å²) < 4.78 is 50.8. The molecule has 1 unspecified atom stereocenters. The molecule has 0 radical (unpaired) electrons. The van der Waals surface area contributed by atoms with Gasteiger partial charge >= 0.3 is 112 Å². The summed E-state index contributed by atoms with van der Waals surface area (Å²) in [7, 11) is 0.628. The van der Waals surface area contributed by atoms with Gasteiger partial charge in [-0.15, -0.1) is 6.58 Å². The Morgan fingerprint density at radius 2 is 0.689 bits per heavy atom. The number of aldehydes is 1. The van der Waals surface area contributed by atoms with Crippen molar-refractivity contribution in [2.45, 2.75) is 286 Å². The van der Waals surface area contributed by atoms with Crippen LogP contribution in [0.4, 0.5) is 0 Å². The van der Waals surface area contributed by atoms with E-state index in [4.69, 9.17) is 47.7 Å². The van der Waals surface area contributed by atoms with Crippen LogP contribution in [0.3, 0.4) is 0 Å². The fourth-order valence-electron chi connectivity index (χ4n) is 10.9. The number of hydrogen-bond acceptors (Lipinski definition) is 13. The number of esters is 2. The van der Waals surface area contributed by atoms with E-state index in [-0.39, 0.29) is 18.7 Å². The van der Waals surface area contributed by atoms with E-state index in [1.54, 1.807) is 50.2 Å². The van der Waals surface area contributed by atoms with E-state index < -0.39 is 11.9 Å². The number of halogens is 5. The summed E-state index contributed by atoms with van der Waals surface area (Å²) in [5, 5.41) is 8.36. The Kier molecular flexibility index (Phi) is 76.6. The zero-order valence-electron chi connectivity index (χ0n) is 65.8. The van der Waals surface area contributed by atoms with E-state index in [9.17, 15) is 14.4 Å². The number of allylic oxidation sites excluding steroid dienone is 1. The monoisotopic (exact) mass is 2070 g/mol. The van der Waals surface area contributed by atoms with Crippen LogP contribution in [0.2, 0.25) is 0 Å².